The Balaban J connectivity index is 2.10. The maximum Gasteiger partial charge on any atom is 0.308 e. The van der Waals surface area contributed by atoms with Gasteiger partial charge < -0.3 is 14.4 Å². The molecule has 0 aliphatic heterocycles. The van der Waals surface area contributed by atoms with Gasteiger partial charge in [-0.2, -0.15) is 5.10 Å². The summed E-state index contributed by atoms with van der Waals surface area (Å²) in [6.07, 6.45) is 3.58. The SMILES string of the molecule is CCOC(=O)CC(O)Cn1ccn2nccc2c1=O. The van der Waals surface area contributed by atoms with Crippen LogP contribution in [0.15, 0.2) is 29.5 Å². The van der Waals surface area contributed by atoms with Crippen LogP contribution >= 0.6 is 0 Å². The highest BCUT2D eigenvalue weighted by Gasteiger charge is 2.13. The van der Waals surface area contributed by atoms with Crippen molar-refractivity contribution in [2.45, 2.75) is 26.0 Å². The maximum absolute atomic E-state index is 12.0. The molecule has 0 fully saturated rings. The Morgan fingerprint density at radius 2 is 2.32 bits per heavy atom. The lowest BCUT2D eigenvalue weighted by molar-refractivity contribution is -0.145. The standard InChI is InChI=1S/C12H15N3O4/c1-2-19-11(17)7-9(16)8-14-5-6-15-10(12(14)18)3-4-13-15/h3-6,9,16H,2,7-8H2,1H3. The number of hydrogen-bond acceptors (Lipinski definition) is 5. The van der Waals surface area contributed by atoms with Crippen molar-refractivity contribution in [1.29, 1.82) is 0 Å². The lowest BCUT2D eigenvalue weighted by Gasteiger charge is -2.12. The minimum Gasteiger partial charge on any atom is -0.466 e. The molecule has 1 N–H and O–H groups in total. The first-order valence-corrected chi connectivity index (χ1v) is 5.98. The first-order chi connectivity index (χ1) is 9.11. The predicted molar refractivity (Wildman–Crippen MR) is 66.7 cm³/mol. The van der Waals surface area contributed by atoms with Crippen molar-refractivity contribution in [2.24, 2.45) is 0 Å². The zero-order chi connectivity index (χ0) is 13.8. The summed E-state index contributed by atoms with van der Waals surface area (Å²) < 4.78 is 7.54. The molecule has 0 saturated heterocycles. The highest BCUT2D eigenvalue weighted by Crippen LogP contribution is 2.00. The third kappa shape index (κ3) is 3.00. The smallest absolute Gasteiger partial charge is 0.308 e. The van der Waals surface area contributed by atoms with Crippen LogP contribution in [0.2, 0.25) is 0 Å². The van der Waals surface area contributed by atoms with Crippen molar-refractivity contribution in [3.05, 3.63) is 35.0 Å². The molecular formula is C12H15N3O4. The van der Waals surface area contributed by atoms with Crippen LogP contribution in [0.3, 0.4) is 0 Å². The van der Waals surface area contributed by atoms with Crippen LogP contribution < -0.4 is 5.56 Å². The number of ether oxygens (including phenoxy) is 1. The van der Waals surface area contributed by atoms with Gasteiger partial charge in [0, 0.05) is 12.4 Å². The largest absolute Gasteiger partial charge is 0.466 e. The van der Waals surface area contributed by atoms with E-state index in [1.54, 1.807) is 19.2 Å². The Labute approximate surface area is 109 Å². The molecule has 7 heteroatoms. The lowest BCUT2D eigenvalue weighted by Crippen LogP contribution is -2.29. The molecule has 0 aromatic carbocycles. The average Bonchev–Trinajstić information content (AvgIpc) is 2.82. The van der Waals surface area contributed by atoms with Gasteiger partial charge in [0.25, 0.3) is 5.56 Å². The van der Waals surface area contributed by atoms with Crippen LogP contribution in [0.1, 0.15) is 13.3 Å². The number of aliphatic hydroxyl groups excluding tert-OH is 1. The van der Waals surface area contributed by atoms with E-state index in [1.807, 2.05) is 0 Å². The second-order valence-corrected chi connectivity index (χ2v) is 4.08. The molecule has 0 bridgehead atoms. The Morgan fingerprint density at radius 1 is 1.53 bits per heavy atom. The number of nitrogens with zero attached hydrogens (tertiary/aromatic N) is 3. The molecule has 0 aliphatic carbocycles. The van der Waals surface area contributed by atoms with Crippen LogP contribution in [0.25, 0.3) is 5.52 Å². The zero-order valence-electron chi connectivity index (χ0n) is 10.5. The molecule has 0 spiro atoms. The second kappa shape index (κ2) is 5.66. The molecule has 2 aromatic rings. The van der Waals surface area contributed by atoms with Gasteiger partial charge in [-0.25, -0.2) is 4.52 Å². The Bertz CT molecular complexity index is 631. The number of carbonyl (C=O) groups is 1. The number of aromatic nitrogens is 3. The Kier molecular flexibility index (Phi) is 3.96. The van der Waals surface area contributed by atoms with Gasteiger partial charge in [-0.15, -0.1) is 0 Å². The van der Waals surface area contributed by atoms with E-state index in [0.29, 0.717) is 5.52 Å². The summed E-state index contributed by atoms with van der Waals surface area (Å²) in [7, 11) is 0. The number of carbonyl (C=O) groups excluding carboxylic acids is 1. The molecule has 0 radical (unpaired) electrons. The predicted octanol–water partition coefficient (Wildman–Crippen LogP) is -0.190. The molecule has 0 saturated carbocycles. The quantitative estimate of drug-likeness (QED) is 0.757. The fourth-order valence-corrected chi connectivity index (χ4v) is 1.81. The third-order valence-electron chi connectivity index (χ3n) is 2.65. The van der Waals surface area contributed by atoms with Gasteiger partial charge >= 0.3 is 5.97 Å². The Morgan fingerprint density at radius 3 is 3.05 bits per heavy atom. The summed E-state index contributed by atoms with van der Waals surface area (Å²) in [5.41, 5.74) is 0.161. The van der Waals surface area contributed by atoms with E-state index in [1.165, 1.54) is 21.5 Å². The molecule has 1 atom stereocenters. The van der Waals surface area contributed by atoms with E-state index in [9.17, 15) is 14.7 Å². The lowest BCUT2D eigenvalue weighted by atomic mass is 10.2. The summed E-state index contributed by atoms with van der Waals surface area (Å²) >= 11 is 0. The normalized spacial score (nSPS) is 12.5. The van der Waals surface area contributed by atoms with Crippen molar-refractivity contribution in [3.8, 4) is 0 Å². The van der Waals surface area contributed by atoms with E-state index in [4.69, 9.17) is 4.74 Å². The van der Waals surface area contributed by atoms with E-state index < -0.39 is 12.1 Å². The van der Waals surface area contributed by atoms with Gasteiger partial charge in [0.05, 0.1) is 31.9 Å². The molecule has 2 aromatic heterocycles. The van der Waals surface area contributed by atoms with Gasteiger partial charge in [-0.3, -0.25) is 9.59 Å². The summed E-state index contributed by atoms with van der Waals surface area (Å²) in [5.74, 6) is -0.478. The molecule has 0 amide bonds. The highest BCUT2D eigenvalue weighted by molar-refractivity contribution is 5.69. The average molecular weight is 265 g/mol. The van der Waals surface area contributed by atoms with E-state index in [0.717, 1.165) is 0 Å². The molecule has 102 valence electrons. The summed E-state index contributed by atoms with van der Waals surface area (Å²) in [4.78, 5) is 23.2. The van der Waals surface area contributed by atoms with Crippen molar-refractivity contribution in [3.63, 3.8) is 0 Å². The number of rotatable bonds is 5. The maximum atomic E-state index is 12.0. The zero-order valence-corrected chi connectivity index (χ0v) is 10.5. The van der Waals surface area contributed by atoms with Crippen LogP contribution in [0.5, 0.6) is 0 Å². The van der Waals surface area contributed by atoms with E-state index in [-0.39, 0.29) is 25.1 Å². The summed E-state index contributed by atoms with van der Waals surface area (Å²) in [5, 5.41) is 13.7. The number of esters is 1. The molecule has 2 heterocycles. The molecule has 7 nitrogen and oxygen atoms in total. The van der Waals surface area contributed by atoms with Crippen molar-refractivity contribution < 1.29 is 14.6 Å². The summed E-state index contributed by atoms with van der Waals surface area (Å²) in [6, 6.07) is 1.59. The molecule has 19 heavy (non-hydrogen) atoms. The molecular weight excluding hydrogens is 250 g/mol. The highest BCUT2D eigenvalue weighted by atomic mass is 16.5. The van der Waals surface area contributed by atoms with Crippen molar-refractivity contribution >= 4 is 11.5 Å². The first kappa shape index (κ1) is 13.3. The van der Waals surface area contributed by atoms with Gasteiger partial charge in [0.15, 0.2) is 0 Å². The van der Waals surface area contributed by atoms with Gasteiger partial charge in [-0.1, -0.05) is 0 Å². The van der Waals surface area contributed by atoms with Gasteiger partial charge in [0.2, 0.25) is 0 Å². The fraction of sp³-hybridized carbons (Fsp3) is 0.417. The first-order valence-electron chi connectivity index (χ1n) is 5.98. The third-order valence-corrected chi connectivity index (χ3v) is 2.65. The minimum absolute atomic E-state index is 0.0410. The second-order valence-electron chi connectivity index (χ2n) is 4.08. The van der Waals surface area contributed by atoms with E-state index in [2.05, 4.69) is 5.10 Å². The monoisotopic (exact) mass is 265 g/mol. The summed E-state index contributed by atoms with van der Waals surface area (Å²) in [6.45, 7) is 2.01. The number of hydrogen-bond donors (Lipinski definition) is 1. The number of fused-ring (bicyclic) bond motifs is 1. The van der Waals surface area contributed by atoms with Gasteiger partial charge in [-0.05, 0) is 13.0 Å². The van der Waals surface area contributed by atoms with Crippen LogP contribution in [0, 0.1) is 0 Å². The Hall–Kier alpha value is -2.15. The molecule has 1 unspecified atom stereocenters. The van der Waals surface area contributed by atoms with Crippen molar-refractivity contribution in [2.75, 3.05) is 6.61 Å². The van der Waals surface area contributed by atoms with Gasteiger partial charge in [0.1, 0.15) is 5.52 Å². The number of aliphatic hydroxyl groups is 1. The molecule has 0 aliphatic rings. The van der Waals surface area contributed by atoms with Crippen LogP contribution in [0.4, 0.5) is 0 Å². The van der Waals surface area contributed by atoms with Crippen LogP contribution in [-0.2, 0) is 16.1 Å². The topological polar surface area (TPSA) is 85.8 Å². The van der Waals surface area contributed by atoms with Crippen LogP contribution in [-0.4, -0.2) is 38.0 Å². The van der Waals surface area contributed by atoms with Crippen molar-refractivity contribution in [1.82, 2.24) is 14.2 Å². The van der Waals surface area contributed by atoms with E-state index >= 15 is 0 Å². The molecule has 2 rings (SSSR count). The minimum atomic E-state index is -0.956. The fourth-order valence-electron chi connectivity index (χ4n) is 1.81.